The van der Waals surface area contributed by atoms with Crippen LogP contribution in [-0.4, -0.2) is 48.5 Å². The van der Waals surface area contributed by atoms with Crippen LogP contribution in [0.1, 0.15) is 51.5 Å². The number of piperidine rings is 1. The fraction of sp³-hybridized carbons (Fsp3) is 0.571. The number of nitrogens with zero attached hydrogens (tertiary/aromatic N) is 2. The summed E-state index contributed by atoms with van der Waals surface area (Å²) in [5.41, 5.74) is 1.70. The lowest BCUT2D eigenvalue weighted by atomic mass is 10.0. The van der Waals surface area contributed by atoms with Crippen molar-refractivity contribution in [2.45, 2.75) is 51.5 Å². The molecule has 2 aromatic rings. The Balaban J connectivity index is 1.79. The minimum atomic E-state index is -0.464. The predicted octanol–water partition coefficient (Wildman–Crippen LogP) is 4.50. The fourth-order valence-corrected chi connectivity index (χ4v) is 3.75. The van der Waals surface area contributed by atoms with Gasteiger partial charge >= 0.3 is 6.09 Å². The predicted molar refractivity (Wildman–Crippen MR) is 105 cm³/mol. The van der Waals surface area contributed by atoms with Crippen LogP contribution in [0.15, 0.2) is 30.5 Å². The van der Waals surface area contributed by atoms with Crippen LogP contribution in [0.5, 0.6) is 0 Å². The second-order valence-electron chi connectivity index (χ2n) is 8.01. The van der Waals surface area contributed by atoms with Crippen LogP contribution >= 0.6 is 0 Å². The maximum atomic E-state index is 12.3. The zero-order chi connectivity index (χ0) is 19.6. The highest BCUT2D eigenvalue weighted by Crippen LogP contribution is 2.33. The van der Waals surface area contributed by atoms with Crippen molar-refractivity contribution in [3.63, 3.8) is 0 Å². The third kappa shape index (κ3) is 4.28. The van der Waals surface area contributed by atoms with Gasteiger partial charge in [0.15, 0.2) is 6.29 Å². The SMILES string of the molecule is COC(OC)c1cccc2ccn(C3CCN(C(=O)OC(C)(C)C)CC3)c12. The highest BCUT2D eigenvalue weighted by atomic mass is 16.7. The summed E-state index contributed by atoms with van der Waals surface area (Å²) in [4.78, 5) is 14.1. The van der Waals surface area contributed by atoms with Crippen LogP contribution in [0.2, 0.25) is 0 Å². The summed E-state index contributed by atoms with van der Waals surface area (Å²) in [7, 11) is 3.30. The van der Waals surface area contributed by atoms with E-state index in [2.05, 4.69) is 22.9 Å². The molecule has 1 amide bonds. The van der Waals surface area contributed by atoms with Gasteiger partial charge < -0.3 is 23.7 Å². The van der Waals surface area contributed by atoms with Gasteiger partial charge in [-0.15, -0.1) is 0 Å². The first kappa shape index (κ1) is 19.7. The van der Waals surface area contributed by atoms with Crippen molar-refractivity contribution in [2.75, 3.05) is 27.3 Å². The van der Waals surface area contributed by atoms with E-state index in [1.807, 2.05) is 37.8 Å². The van der Waals surface area contributed by atoms with E-state index in [0.29, 0.717) is 19.1 Å². The largest absolute Gasteiger partial charge is 0.444 e. The Hall–Kier alpha value is -2.05. The highest BCUT2D eigenvalue weighted by Gasteiger charge is 2.28. The van der Waals surface area contributed by atoms with Crippen molar-refractivity contribution in [1.29, 1.82) is 0 Å². The molecule has 0 saturated carbocycles. The summed E-state index contributed by atoms with van der Waals surface area (Å²) in [6.45, 7) is 7.08. The second-order valence-corrected chi connectivity index (χ2v) is 8.01. The molecule has 0 radical (unpaired) electrons. The quantitative estimate of drug-likeness (QED) is 0.739. The first-order valence-corrected chi connectivity index (χ1v) is 9.47. The molecule has 1 aliphatic rings. The molecule has 1 aromatic heterocycles. The topological polar surface area (TPSA) is 52.9 Å². The van der Waals surface area contributed by atoms with Crippen LogP contribution in [0.4, 0.5) is 4.79 Å². The zero-order valence-electron chi connectivity index (χ0n) is 16.9. The molecule has 0 bridgehead atoms. The van der Waals surface area contributed by atoms with Gasteiger partial charge in [0.2, 0.25) is 0 Å². The normalized spacial score (nSPS) is 16.3. The summed E-state index contributed by atoms with van der Waals surface area (Å²) < 4.78 is 18.8. The van der Waals surface area contributed by atoms with Crippen LogP contribution < -0.4 is 0 Å². The molecule has 6 heteroatoms. The summed E-state index contributed by atoms with van der Waals surface area (Å²) in [6.07, 6.45) is 3.29. The third-order valence-electron chi connectivity index (χ3n) is 4.96. The van der Waals surface area contributed by atoms with Gasteiger partial charge in [-0.05, 0) is 39.7 Å². The Morgan fingerprint density at radius 1 is 1.11 bits per heavy atom. The first-order valence-electron chi connectivity index (χ1n) is 9.47. The Bertz CT molecular complexity index is 781. The highest BCUT2D eigenvalue weighted by molar-refractivity contribution is 5.83. The minimum Gasteiger partial charge on any atom is -0.444 e. The van der Waals surface area contributed by atoms with Crippen LogP contribution in [0.3, 0.4) is 0 Å². The number of carbonyl (C=O) groups excluding carboxylic acids is 1. The number of hydrogen-bond donors (Lipinski definition) is 0. The molecule has 0 atom stereocenters. The van der Waals surface area contributed by atoms with Crippen molar-refractivity contribution < 1.29 is 19.0 Å². The number of para-hydroxylation sites is 1. The van der Waals surface area contributed by atoms with Gasteiger partial charge in [-0.2, -0.15) is 0 Å². The Labute approximate surface area is 161 Å². The maximum absolute atomic E-state index is 12.3. The zero-order valence-corrected chi connectivity index (χ0v) is 16.9. The molecule has 0 unspecified atom stereocenters. The van der Waals surface area contributed by atoms with Crippen LogP contribution in [-0.2, 0) is 14.2 Å². The molecule has 1 fully saturated rings. The molecule has 6 nitrogen and oxygen atoms in total. The van der Waals surface area contributed by atoms with Crippen LogP contribution in [0.25, 0.3) is 10.9 Å². The van der Waals surface area contributed by atoms with E-state index < -0.39 is 11.9 Å². The monoisotopic (exact) mass is 374 g/mol. The van der Waals surface area contributed by atoms with Crippen LogP contribution in [0, 0.1) is 0 Å². The molecule has 3 rings (SSSR count). The van der Waals surface area contributed by atoms with Gasteiger partial charge in [-0.25, -0.2) is 4.79 Å². The Morgan fingerprint density at radius 2 is 1.78 bits per heavy atom. The summed E-state index contributed by atoms with van der Waals surface area (Å²) in [5.74, 6) is 0. The average Bonchev–Trinajstić information content (AvgIpc) is 3.06. The van der Waals surface area contributed by atoms with Gasteiger partial charge in [-0.3, -0.25) is 0 Å². The number of fused-ring (bicyclic) bond motifs is 1. The number of amides is 1. The minimum absolute atomic E-state index is 0.224. The summed E-state index contributed by atoms with van der Waals surface area (Å²) >= 11 is 0. The number of aromatic nitrogens is 1. The average molecular weight is 374 g/mol. The number of hydrogen-bond acceptors (Lipinski definition) is 4. The van der Waals surface area contributed by atoms with Gasteiger partial charge in [-0.1, -0.05) is 18.2 Å². The number of likely N-dealkylation sites (tertiary alicyclic amines) is 1. The molecule has 1 aromatic carbocycles. The molecule has 0 spiro atoms. The Morgan fingerprint density at radius 3 is 2.37 bits per heavy atom. The number of ether oxygens (including phenoxy) is 3. The molecule has 1 saturated heterocycles. The van der Waals surface area contributed by atoms with Crippen molar-refractivity contribution in [1.82, 2.24) is 9.47 Å². The molecule has 27 heavy (non-hydrogen) atoms. The van der Waals surface area contributed by atoms with Crippen molar-refractivity contribution in [2.24, 2.45) is 0 Å². The molecule has 0 aliphatic carbocycles. The molecular formula is C21H30N2O4. The number of benzene rings is 1. The van der Waals surface area contributed by atoms with Gasteiger partial charge in [0, 0.05) is 50.5 Å². The maximum Gasteiger partial charge on any atom is 0.410 e. The second kappa shape index (κ2) is 7.90. The standard InChI is InChI=1S/C21H30N2O4/c1-21(2,3)27-20(24)22-12-10-16(11-13-22)23-14-9-15-7-6-8-17(18(15)23)19(25-4)26-5/h6-9,14,16,19H,10-13H2,1-5H3. The van der Waals surface area contributed by atoms with E-state index in [9.17, 15) is 4.79 Å². The molecular weight excluding hydrogens is 344 g/mol. The van der Waals surface area contributed by atoms with E-state index in [4.69, 9.17) is 14.2 Å². The molecule has 148 valence electrons. The van der Waals surface area contributed by atoms with E-state index >= 15 is 0 Å². The lowest BCUT2D eigenvalue weighted by Crippen LogP contribution is -2.42. The summed E-state index contributed by atoms with van der Waals surface area (Å²) in [5, 5.41) is 1.17. The number of rotatable bonds is 4. The van der Waals surface area contributed by atoms with Gasteiger partial charge in [0.25, 0.3) is 0 Å². The fourth-order valence-electron chi connectivity index (χ4n) is 3.75. The van der Waals surface area contributed by atoms with E-state index in [-0.39, 0.29) is 6.09 Å². The first-order chi connectivity index (χ1) is 12.8. The third-order valence-corrected chi connectivity index (χ3v) is 4.96. The van der Waals surface area contributed by atoms with Crippen molar-refractivity contribution in [3.05, 3.63) is 36.0 Å². The van der Waals surface area contributed by atoms with E-state index in [0.717, 1.165) is 23.9 Å². The number of methoxy groups -OCH3 is 2. The van der Waals surface area contributed by atoms with E-state index in [1.165, 1.54) is 5.39 Å². The van der Waals surface area contributed by atoms with Crippen molar-refractivity contribution in [3.8, 4) is 0 Å². The number of carbonyl (C=O) groups is 1. The smallest absolute Gasteiger partial charge is 0.410 e. The summed E-state index contributed by atoms with van der Waals surface area (Å²) in [6, 6.07) is 8.64. The van der Waals surface area contributed by atoms with Gasteiger partial charge in [0.05, 0.1) is 5.52 Å². The van der Waals surface area contributed by atoms with Crippen molar-refractivity contribution >= 4 is 17.0 Å². The lowest BCUT2D eigenvalue weighted by Gasteiger charge is -2.34. The Kier molecular flexibility index (Phi) is 5.77. The molecule has 2 heterocycles. The molecule has 0 N–H and O–H groups in total. The molecule has 1 aliphatic heterocycles. The van der Waals surface area contributed by atoms with E-state index in [1.54, 1.807) is 14.2 Å². The van der Waals surface area contributed by atoms with Gasteiger partial charge in [0.1, 0.15) is 5.60 Å². The lowest BCUT2D eigenvalue weighted by molar-refractivity contribution is -0.105.